The number of rotatable bonds is 3. The van der Waals surface area contributed by atoms with Crippen molar-refractivity contribution in [1.29, 1.82) is 5.26 Å². The van der Waals surface area contributed by atoms with Gasteiger partial charge in [-0.15, -0.1) is 0 Å². The van der Waals surface area contributed by atoms with Gasteiger partial charge in [-0.2, -0.15) is 13.7 Å². The van der Waals surface area contributed by atoms with Crippen molar-refractivity contribution in [2.75, 3.05) is 6.61 Å². The van der Waals surface area contributed by atoms with Crippen LogP contribution in [0, 0.1) is 11.3 Å². The molecule has 0 saturated heterocycles. The first-order chi connectivity index (χ1) is 7.79. The van der Waals surface area contributed by atoms with Crippen molar-refractivity contribution in [2.45, 2.75) is 31.1 Å². The highest BCUT2D eigenvalue weighted by Gasteiger charge is 2.25. The van der Waals surface area contributed by atoms with Gasteiger partial charge in [0.2, 0.25) is 0 Å². The smallest absolute Gasteiger partial charge is 0.251 e. The summed E-state index contributed by atoms with van der Waals surface area (Å²) in [6.07, 6.45) is 0. The molecule has 0 heterocycles. The molecule has 0 aliphatic carbocycles. The second kappa shape index (κ2) is 4.86. The largest absolute Gasteiger partial charge is 0.298 e. The summed E-state index contributed by atoms with van der Waals surface area (Å²) < 4.78 is 28.4. The summed E-state index contributed by atoms with van der Waals surface area (Å²) in [5.41, 5.74) is 0.373. The van der Waals surface area contributed by atoms with Crippen molar-refractivity contribution in [1.82, 2.24) is 0 Å². The Bertz CT molecular complexity index is 536. The number of nitriles is 1. The van der Waals surface area contributed by atoms with Crippen LogP contribution in [0.5, 0.6) is 0 Å². The fourth-order valence-corrected chi connectivity index (χ4v) is 2.70. The second-order valence-electron chi connectivity index (χ2n) is 4.62. The Morgan fingerprint density at radius 3 is 2.41 bits per heavy atom. The van der Waals surface area contributed by atoms with Crippen LogP contribution in [0.1, 0.15) is 26.3 Å². The van der Waals surface area contributed by atoms with Gasteiger partial charge in [0.25, 0.3) is 10.1 Å². The lowest BCUT2D eigenvalue weighted by Gasteiger charge is -2.22. The predicted octanol–water partition coefficient (Wildman–Crippen LogP) is 2.21. The summed E-state index contributed by atoms with van der Waals surface area (Å²) in [5.74, 6) is 0. The Morgan fingerprint density at radius 2 is 1.88 bits per heavy atom. The maximum Gasteiger partial charge on any atom is 0.298 e. The molecule has 0 radical (unpaired) electrons. The molecule has 0 aromatic heterocycles. The van der Waals surface area contributed by atoms with Gasteiger partial charge < -0.3 is 0 Å². The summed E-state index contributed by atoms with van der Waals surface area (Å²) >= 11 is 0. The molecule has 0 unspecified atom stereocenters. The van der Waals surface area contributed by atoms with Gasteiger partial charge in [-0.3, -0.25) is 4.18 Å². The van der Waals surface area contributed by atoms with Crippen molar-refractivity contribution >= 4 is 10.1 Å². The first kappa shape index (κ1) is 13.7. The zero-order valence-corrected chi connectivity index (χ0v) is 10.9. The van der Waals surface area contributed by atoms with Gasteiger partial charge in [0.05, 0.1) is 11.0 Å². The van der Waals surface area contributed by atoms with Crippen LogP contribution in [-0.4, -0.2) is 15.0 Å². The molecule has 0 aliphatic heterocycles. The minimum Gasteiger partial charge on any atom is -0.251 e. The van der Waals surface area contributed by atoms with Gasteiger partial charge in [0.1, 0.15) is 0 Å². The molecular weight excluding hydrogens is 238 g/mol. The van der Waals surface area contributed by atoms with Crippen molar-refractivity contribution in [3.05, 3.63) is 29.8 Å². The molecule has 0 saturated carbocycles. The minimum absolute atomic E-state index is 0.128. The molecule has 0 fully saturated rings. The molecule has 0 amide bonds. The maximum atomic E-state index is 11.9. The van der Waals surface area contributed by atoms with Gasteiger partial charge in [-0.05, 0) is 17.0 Å². The molecule has 0 atom stereocenters. The Labute approximate surface area is 102 Å². The highest BCUT2D eigenvalue weighted by molar-refractivity contribution is 7.86. The zero-order valence-electron chi connectivity index (χ0n) is 10.1. The quantitative estimate of drug-likeness (QED) is 0.774. The van der Waals surface area contributed by atoms with E-state index < -0.39 is 16.7 Å². The summed E-state index contributed by atoms with van der Waals surface area (Å²) in [7, 11) is -3.86. The minimum atomic E-state index is -3.86. The Kier molecular flexibility index (Phi) is 3.91. The van der Waals surface area contributed by atoms with Crippen LogP contribution in [0.2, 0.25) is 0 Å². The van der Waals surface area contributed by atoms with Crippen LogP contribution in [0.4, 0.5) is 0 Å². The lowest BCUT2D eigenvalue weighted by molar-refractivity contribution is 0.359. The summed E-state index contributed by atoms with van der Waals surface area (Å²) in [6, 6.07) is 8.31. The van der Waals surface area contributed by atoms with E-state index in [-0.39, 0.29) is 10.3 Å². The SMILES string of the molecule is CC(C)(C)c1ccccc1S(=O)(=O)OCC#N. The van der Waals surface area contributed by atoms with Crippen molar-refractivity contribution in [2.24, 2.45) is 0 Å². The number of benzene rings is 1. The van der Waals surface area contributed by atoms with Gasteiger partial charge in [0, 0.05) is 0 Å². The first-order valence-corrected chi connectivity index (χ1v) is 6.56. The van der Waals surface area contributed by atoms with Crippen LogP contribution in [-0.2, 0) is 19.7 Å². The van der Waals surface area contributed by atoms with E-state index in [1.54, 1.807) is 24.3 Å². The fourth-order valence-electron chi connectivity index (χ4n) is 1.47. The standard InChI is InChI=1S/C12H15NO3S/c1-12(2,3)10-6-4-5-7-11(10)17(14,15)16-9-8-13/h4-7H,9H2,1-3H3. The lowest BCUT2D eigenvalue weighted by atomic mass is 9.87. The topological polar surface area (TPSA) is 67.2 Å². The molecule has 0 bridgehead atoms. The van der Waals surface area contributed by atoms with Crippen molar-refractivity contribution in [3.63, 3.8) is 0 Å². The molecule has 1 rings (SSSR count). The first-order valence-electron chi connectivity index (χ1n) is 5.15. The molecule has 92 valence electrons. The average Bonchev–Trinajstić information content (AvgIpc) is 2.25. The van der Waals surface area contributed by atoms with E-state index in [4.69, 9.17) is 5.26 Å². The van der Waals surface area contributed by atoms with Gasteiger partial charge in [-0.1, -0.05) is 39.0 Å². The zero-order chi connectivity index (χ0) is 13.1. The van der Waals surface area contributed by atoms with Crippen LogP contribution < -0.4 is 0 Å². The molecule has 0 spiro atoms. The van der Waals surface area contributed by atoms with Crippen LogP contribution in [0.15, 0.2) is 29.2 Å². The average molecular weight is 253 g/mol. The molecule has 0 N–H and O–H groups in total. The van der Waals surface area contributed by atoms with E-state index in [2.05, 4.69) is 4.18 Å². The molecule has 1 aromatic carbocycles. The molecular formula is C12H15NO3S. The summed E-state index contributed by atoms with van der Waals surface area (Å²) in [4.78, 5) is 0.128. The van der Waals surface area contributed by atoms with Crippen molar-refractivity contribution < 1.29 is 12.6 Å². The van der Waals surface area contributed by atoms with Gasteiger partial charge in [0.15, 0.2) is 6.61 Å². The van der Waals surface area contributed by atoms with Gasteiger partial charge >= 0.3 is 0 Å². The lowest BCUT2D eigenvalue weighted by Crippen LogP contribution is -2.18. The molecule has 4 nitrogen and oxygen atoms in total. The Hall–Kier alpha value is -1.38. The molecule has 0 aliphatic rings. The Balaban J connectivity index is 3.29. The third kappa shape index (κ3) is 3.29. The van der Waals surface area contributed by atoms with Crippen molar-refractivity contribution in [3.8, 4) is 6.07 Å². The molecule has 5 heteroatoms. The van der Waals surface area contributed by atoms with Crippen LogP contribution in [0.25, 0.3) is 0 Å². The Morgan fingerprint density at radius 1 is 1.29 bits per heavy atom. The fraction of sp³-hybridized carbons (Fsp3) is 0.417. The number of hydrogen-bond donors (Lipinski definition) is 0. The number of hydrogen-bond acceptors (Lipinski definition) is 4. The third-order valence-electron chi connectivity index (χ3n) is 2.24. The summed E-state index contributed by atoms with van der Waals surface area (Å²) in [5, 5.41) is 8.37. The highest BCUT2D eigenvalue weighted by atomic mass is 32.2. The monoisotopic (exact) mass is 253 g/mol. The van der Waals surface area contributed by atoms with E-state index in [0.29, 0.717) is 5.56 Å². The van der Waals surface area contributed by atoms with E-state index >= 15 is 0 Å². The van der Waals surface area contributed by atoms with E-state index in [9.17, 15) is 8.42 Å². The summed E-state index contributed by atoms with van der Waals surface area (Å²) in [6.45, 7) is 5.30. The molecule has 1 aromatic rings. The molecule has 17 heavy (non-hydrogen) atoms. The van der Waals surface area contributed by atoms with Gasteiger partial charge in [-0.25, -0.2) is 0 Å². The maximum absolute atomic E-state index is 11.9. The third-order valence-corrected chi connectivity index (χ3v) is 3.57. The number of nitrogens with zero attached hydrogens (tertiary/aromatic N) is 1. The van der Waals surface area contributed by atoms with Crippen LogP contribution >= 0.6 is 0 Å². The van der Waals surface area contributed by atoms with E-state index in [1.807, 2.05) is 20.8 Å². The second-order valence-corrected chi connectivity index (χ2v) is 6.20. The predicted molar refractivity (Wildman–Crippen MR) is 63.9 cm³/mol. The highest BCUT2D eigenvalue weighted by Crippen LogP contribution is 2.29. The normalized spacial score (nSPS) is 12.1. The van der Waals surface area contributed by atoms with E-state index in [0.717, 1.165) is 0 Å². The van der Waals surface area contributed by atoms with Crippen LogP contribution in [0.3, 0.4) is 0 Å². The van der Waals surface area contributed by atoms with E-state index in [1.165, 1.54) is 6.07 Å².